The lowest BCUT2D eigenvalue weighted by Gasteiger charge is -2.30. The Morgan fingerprint density at radius 2 is 2.06 bits per heavy atom. The summed E-state index contributed by atoms with van der Waals surface area (Å²) in [6.07, 6.45) is 3.88. The zero-order valence-electron chi connectivity index (χ0n) is 12.3. The molecule has 4 nitrogen and oxygen atoms in total. The van der Waals surface area contributed by atoms with Gasteiger partial charge in [-0.3, -0.25) is 4.79 Å². The summed E-state index contributed by atoms with van der Waals surface area (Å²) in [5.41, 5.74) is -0.446. The monoisotopic (exact) mass is 256 g/mol. The first-order valence-electron chi connectivity index (χ1n) is 7.21. The third-order valence-electron chi connectivity index (χ3n) is 4.11. The molecule has 1 fully saturated rings. The van der Waals surface area contributed by atoms with Gasteiger partial charge in [-0.25, -0.2) is 0 Å². The van der Waals surface area contributed by atoms with Crippen LogP contribution in [0, 0.1) is 0 Å². The summed E-state index contributed by atoms with van der Waals surface area (Å²) in [6.45, 7) is 9.45. The molecular formula is C14H28N2O2. The van der Waals surface area contributed by atoms with Crippen LogP contribution in [0.5, 0.6) is 0 Å². The van der Waals surface area contributed by atoms with Crippen molar-refractivity contribution in [3.63, 3.8) is 0 Å². The first kappa shape index (κ1) is 15.4. The Kier molecular flexibility index (Phi) is 6.09. The van der Waals surface area contributed by atoms with Crippen molar-refractivity contribution in [1.29, 1.82) is 0 Å². The van der Waals surface area contributed by atoms with Gasteiger partial charge in [-0.05, 0) is 45.3 Å². The van der Waals surface area contributed by atoms with E-state index >= 15 is 0 Å². The van der Waals surface area contributed by atoms with E-state index in [2.05, 4.69) is 31.0 Å². The minimum Gasteiger partial charge on any atom is -0.468 e. The van der Waals surface area contributed by atoms with Crippen LogP contribution in [0.2, 0.25) is 0 Å². The zero-order valence-corrected chi connectivity index (χ0v) is 12.3. The molecule has 2 atom stereocenters. The second-order valence-electron chi connectivity index (χ2n) is 5.12. The number of carbonyl (C=O) groups excluding carboxylic acids is 1. The van der Waals surface area contributed by atoms with Crippen molar-refractivity contribution in [3.05, 3.63) is 0 Å². The van der Waals surface area contributed by atoms with Crippen molar-refractivity contribution in [1.82, 2.24) is 10.2 Å². The SMILES string of the molecule is CCCNC1(C(=O)OC)CCC(N(CC)CC)C1. The van der Waals surface area contributed by atoms with Crippen molar-refractivity contribution >= 4 is 5.97 Å². The van der Waals surface area contributed by atoms with Gasteiger partial charge in [0, 0.05) is 6.04 Å². The fourth-order valence-electron chi connectivity index (χ4n) is 3.05. The molecule has 1 rings (SSSR count). The third kappa shape index (κ3) is 3.23. The fourth-order valence-corrected chi connectivity index (χ4v) is 3.05. The number of carbonyl (C=O) groups is 1. The molecule has 0 amide bonds. The van der Waals surface area contributed by atoms with E-state index in [0.29, 0.717) is 6.04 Å². The van der Waals surface area contributed by atoms with Gasteiger partial charge in [-0.1, -0.05) is 20.8 Å². The highest BCUT2D eigenvalue weighted by molar-refractivity contribution is 5.81. The van der Waals surface area contributed by atoms with Gasteiger partial charge in [0.25, 0.3) is 0 Å². The Bertz CT molecular complexity index is 267. The molecule has 0 aromatic rings. The third-order valence-corrected chi connectivity index (χ3v) is 4.11. The molecule has 106 valence electrons. The van der Waals surface area contributed by atoms with E-state index in [1.54, 1.807) is 0 Å². The van der Waals surface area contributed by atoms with Gasteiger partial charge in [0.2, 0.25) is 0 Å². The molecule has 0 aromatic carbocycles. The molecule has 1 N–H and O–H groups in total. The molecule has 1 saturated carbocycles. The molecule has 0 saturated heterocycles. The number of hydrogen-bond acceptors (Lipinski definition) is 4. The first-order chi connectivity index (χ1) is 8.63. The van der Waals surface area contributed by atoms with Crippen molar-refractivity contribution in [3.8, 4) is 0 Å². The van der Waals surface area contributed by atoms with E-state index in [1.807, 2.05) is 0 Å². The highest BCUT2D eigenvalue weighted by Gasteiger charge is 2.46. The van der Waals surface area contributed by atoms with Gasteiger partial charge < -0.3 is 15.0 Å². The standard InChI is InChI=1S/C14H28N2O2/c1-5-10-15-14(13(17)18-4)9-8-12(11-14)16(6-2)7-3/h12,15H,5-11H2,1-4H3. The summed E-state index contributed by atoms with van der Waals surface area (Å²) in [4.78, 5) is 14.5. The first-order valence-corrected chi connectivity index (χ1v) is 7.21. The van der Waals surface area contributed by atoms with Gasteiger partial charge in [0.1, 0.15) is 5.54 Å². The number of nitrogens with one attached hydrogen (secondary N) is 1. The maximum absolute atomic E-state index is 12.1. The number of esters is 1. The Balaban J connectivity index is 2.73. The van der Waals surface area contributed by atoms with E-state index in [0.717, 1.165) is 45.3 Å². The minimum atomic E-state index is -0.446. The number of nitrogens with zero attached hydrogens (tertiary/aromatic N) is 1. The Labute approximate surface area is 111 Å². The smallest absolute Gasteiger partial charge is 0.326 e. The average Bonchev–Trinajstić information content (AvgIpc) is 2.82. The molecule has 4 heteroatoms. The maximum Gasteiger partial charge on any atom is 0.326 e. The average molecular weight is 256 g/mol. The fraction of sp³-hybridized carbons (Fsp3) is 0.929. The lowest BCUT2D eigenvalue weighted by molar-refractivity contribution is -0.148. The number of methoxy groups -OCH3 is 1. The predicted octanol–water partition coefficient (Wildman–Crippen LogP) is 1.79. The van der Waals surface area contributed by atoms with Crippen LogP contribution >= 0.6 is 0 Å². The summed E-state index contributed by atoms with van der Waals surface area (Å²) in [7, 11) is 1.49. The van der Waals surface area contributed by atoms with Crippen LogP contribution in [0.4, 0.5) is 0 Å². The Morgan fingerprint density at radius 1 is 1.39 bits per heavy atom. The molecule has 1 aliphatic rings. The molecule has 0 aliphatic heterocycles. The highest BCUT2D eigenvalue weighted by atomic mass is 16.5. The van der Waals surface area contributed by atoms with Gasteiger partial charge in [-0.15, -0.1) is 0 Å². The van der Waals surface area contributed by atoms with E-state index < -0.39 is 5.54 Å². The van der Waals surface area contributed by atoms with E-state index in [1.165, 1.54) is 7.11 Å². The number of rotatable bonds is 7. The summed E-state index contributed by atoms with van der Waals surface area (Å²) in [6, 6.07) is 0.503. The quantitative estimate of drug-likeness (QED) is 0.705. The van der Waals surface area contributed by atoms with Crippen LogP contribution in [0.15, 0.2) is 0 Å². The maximum atomic E-state index is 12.1. The van der Waals surface area contributed by atoms with E-state index in [4.69, 9.17) is 4.74 Å². The molecule has 0 bridgehead atoms. The van der Waals surface area contributed by atoms with Crippen LogP contribution in [0.25, 0.3) is 0 Å². The van der Waals surface area contributed by atoms with Crippen molar-refractivity contribution in [2.24, 2.45) is 0 Å². The van der Waals surface area contributed by atoms with Crippen LogP contribution in [-0.4, -0.2) is 49.2 Å². The lowest BCUT2D eigenvalue weighted by atomic mass is 9.97. The van der Waals surface area contributed by atoms with E-state index in [-0.39, 0.29) is 5.97 Å². The Morgan fingerprint density at radius 3 is 2.56 bits per heavy atom. The van der Waals surface area contributed by atoms with Crippen LogP contribution in [0.3, 0.4) is 0 Å². The van der Waals surface area contributed by atoms with Crippen molar-refractivity contribution in [2.45, 2.75) is 58.0 Å². The minimum absolute atomic E-state index is 0.0920. The topological polar surface area (TPSA) is 41.6 Å². The van der Waals surface area contributed by atoms with Gasteiger partial charge >= 0.3 is 5.97 Å². The largest absolute Gasteiger partial charge is 0.468 e. The summed E-state index contributed by atoms with van der Waals surface area (Å²) in [5, 5.41) is 3.43. The molecule has 0 radical (unpaired) electrons. The summed E-state index contributed by atoms with van der Waals surface area (Å²) >= 11 is 0. The molecule has 1 aliphatic carbocycles. The molecular weight excluding hydrogens is 228 g/mol. The Hall–Kier alpha value is -0.610. The molecule has 18 heavy (non-hydrogen) atoms. The van der Waals surface area contributed by atoms with Crippen LogP contribution < -0.4 is 5.32 Å². The molecule has 0 aromatic heterocycles. The number of hydrogen-bond donors (Lipinski definition) is 1. The summed E-state index contributed by atoms with van der Waals surface area (Å²) in [5.74, 6) is -0.0920. The second kappa shape index (κ2) is 7.10. The predicted molar refractivity (Wildman–Crippen MR) is 73.6 cm³/mol. The van der Waals surface area contributed by atoms with E-state index in [9.17, 15) is 4.79 Å². The number of ether oxygens (including phenoxy) is 1. The van der Waals surface area contributed by atoms with Gasteiger partial charge in [0.05, 0.1) is 7.11 Å². The molecule has 0 spiro atoms. The second-order valence-corrected chi connectivity index (χ2v) is 5.12. The van der Waals surface area contributed by atoms with Gasteiger partial charge in [-0.2, -0.15) is 0 Å². The normalized spacial score (nSPS) is 27.7. The summed E-state index contributed by atoms with van der Waals surface area (Å²) < 4.78 is 5.01. The molecule has 2 unspecified atom stereocenters. The molecule has 0 heterocycles. The van der Waals surface area contributed by atoms with Gasteiger partial charge in [0.15, 0.2) is 0 Å². The zero-order chi connectivity index (χ0) is 13.6. The lowest BCUT2D eigenvalue weighted by Crippen LogP contribution is -2.52. The van der Waals surface area contributed by atoms with Crippen molar-refractivity contribution < 1.29 is 9.53 Å². The highest BCUT2D eigenvalue weighted by Crippen LogP contribution is 2.34. The van der Waals surface area contributed by atoms with Crippen LogP contribution in [-0.2, 0) is 9.53 Å². The van der Waals surface area contributed by atoms with Crippen molar-refractivity contribution in [2.75, 3.05) is 26.7 Å². The van der Waals surface area contributed by atoms with Crippen LogP contribution in [0.1, 0.15) is 46.5 Å².